The van der Waals surface area contributed by atoms with Crippen molar-refractivity contribution in [3.63, 3.8) is 0 Å². The van der Waals surface area contributed by atoms with Crippen LogP contribution in [0.15, 0.2) is 35.5 Å². The average Bonchev–Trinajstić information content (AvgIpc) is 3.32. The van der Waals surface area contributed by atoms with Gasteiger partial charge in [0.15, 0.2) is 17.5 Å². The summed E-state index contributed by atoms with van der Waals surface area (Å²) in [5.41, 5.74) is -2.81. The summed E-state index contributed by atoms with van der Waals surface area (Å²) in [6.45, 7) is 11.1. The molecule has 0 aromatic rings. The Morgan fingerprint density at radius 2 is 1.95 bits per heavy atom. The molecule has 2 bridgehead atoms. The minimum Gasteiger partial charge on any atom is -0.461 e. The van der Waals surface area contributed by atoms with Gasteiger partial charge in [-0.05, 0) is 60.5 Å². The highest BCUT2D eigenvalue weighted by Gasteiger charge is 2.76. The molecule has 0 radical (unpaired) electrons. The molecular weight excluding hydrogens is 472 g/mol. The van der Waals surface area contributed by atoms with Gasteiger partial charge in [0.1, 0.15) is 12.7 Å². The summed E-state index contributed by atoms with van der Waals surface area (Å²) in [6, 6.07) is 0. The van der Waals surface area contributed by atoms with Gasteiger partial charge in [-0.25, -0.2) is 4.79 Å². The number of rotatable bonds is 8. The molecule has 8 atom stereocenters. The number of ether oxygens (including phenoxy) is 2. The molecule has 37 heavy (non-hydrogen) atoms. The molecule has 4 rings (SSSR count). The van der Waals surface area contributed by atoms with Crippen molar-refractivity contribution in [2.24, 2.45) is 34.5 Å². The molecule has 0 aromatic heterocycles. The summed E-state index contributed by atoms with van der Waals surface area (Å²) < 4.78 is 11.1. The Kier molecular flexibility index (Phi) is 7.36. The largest absolute Gasteiger partial charge is 0.461 e. The molecule has 0 aliphatic heterocycles. The van der Waals surface area contributed by atoms with Gasteiger partial charge in [-0.3, -0.25) is 9.59 Å². The van der Waals surface area contributed by atoms with Crippen LogP contribution in [-0.2, 0) is 23.9 Å². The first kappa shape index (κ1) is 27.8. The number of ketones is 1. The van der Waals surface area contributed by atoms with E-state index in [9.17, 15) is 24.6 Å². The van der Waals surface area contributed by atoms with Crippen molar-refractivity contribution in [3.8, 4) is 0 Å². The van der Waals surface area contributed by atoms with Gasteiger partial charge in [0.25, 0.3) is 0 Å². The van der Waals surface area contributed by atoms with Crippen LogP contribution < -0.4 is 0 Å². The van der Waals surface area contributed by atoms with Gasteiger partial charge < -0.3 is 19.7 Å². The number of aliphatic hydroxyl groups excluding tert-OH is 1. The third kappa shape index (κ3) is 4.22. The first-order valence-electron chi connectivity index (χ1n) is 13.7. The van der Waals surface area contributed by atoms with Crippen molar-refractivity contribution in [2.75, 3.05) is 6.61 Å². The fourth-order valence-corrected chi connectivity index (χ4v) is 7.61. The third-order valence-corrected chi connectivity index (χ3v) is 9.62. The lowest BCUT2D eigenvalue weighted by atomic mass is 9.59. The molecule has 0 aromatic carbocycles. The molecule has 7 heteroatoms. The van der Waals surface area contributed by atoms with Crippen molar-refractivity contribution in [1.82, 2.24) is 0 Å². The third-order valence-electron chi connectivity index (χ3n) is 9.62. The van der Waals surface area contributed by atoms with Crippen LogP contribution in [0.4, 0.5) is 0 Å². The standard InChI is InChI=1S/C30H42O7/c1-7-8-9-10-11-12-23(32)37-27-17(2)15-29-18(3)13-22-24(28(22,5)6)21(26(29)34)14-20(16-36-19(4)31)25(33)30(27,29)35/h11-12,14-15,18,21-22,24-25,27,33,35H,7-10,13,16H2,1-6H3/t18-,21+,22-,24+,25+,27+,29+,30-/m1/s1. The zero-order valence-corrected chi connectivity index (χ0v) is 23.0. The van der Waals surface area contributed by atoms with Crippen LogP contribution in [0.5, 0.6) is 0 Å². The molecule has 0 amide bonds. The Balaban J connectivity index is 1.75. The van der Waals surface area contributed by atoms with E-state index >= 15 is 0 Å². The Labute approximate surface area is 220 Å². The van der Waals surface area contributed by atoms with E-state index in [-0.39, 0.29) is 41.1 Å². The predicted molar refractivity (Wildman–Crippen MR) is 138 cm³/mol. The topological polar surface area (TPSA) is 110 Å². The van der Waals surface area contributed by atoms with Crippen LogP contribution in [-0.4, -0.2) is 52.4 Å². The second kappa shape index (κ2) is 9.81. The Morgan fingerprint density at radius 1 is 1.24 bits per heavy atom. The summed E-state index contributed by atoms with van der Waals surface area (Å²) >= 11 is 0. The van der Waals surface area contributed by atoms with Gasteiger partial charge >= 0.3 is 11.9 Å². The van der Waals surface area contributed by atoms with Crippen molar-refractivity contribution in [2.45, 2.75) is 91.5 Å². The minimum absolute atomic E-state index is 0.0571. The van der Waals surface area contributed by atoms with E-state index in [2.05, 4.69) is 20.8 Å². The number of unbranched alkanes of at least 4 members (excludes halogenated alkanes) is 3. The maximum atomic E-state index is 14.4. The van der Waals surface area contributed by atoms with E-state index < -0.39 is 41.1 Å². The van der Waals surface area contributed by atoms with Crippen LogP contribution in [0.2, 0.25) is 0 Å². The van der Waals surface area contributed by atoms with Crippen molar-refractivity contribution in [3.05, 3.63) is 35.5 Å². The maximum absolute atomic E-state index is 14.4. The van der Waals surface area contributed by atoms with Crippen LogP contribution in [0, 0.1) is 34.5 Å². The van der Waals surface area contributed by atoms with Gasteiger partial charge in [-0.1, -0.05) is 58.8 Å². The smallest absolute Gasteiger partial charge is 0.331 e. The number of carbonyl (C=O) groups is 3. The van der Waals surface area contributed by atoms with E-state index in [0.29, 0.717) is 12.0 Å². The van der Waals surface area contributed by atoms with Crippen LogP contribution in [0.25, 0.3) is 0 Å². The lowest BCUT2D eigenvalue weighted by molar-refractivity contribution is -0.201. The fraction of sp³-hybridized carbons (Fsp3) is 0.700. The Hall–Kier alpha value is -2.25. The maximum Gasteiger partial charge on any atom is 0.331 e. The molecule has 7 nitrogen and oxygen atoms in total. The lowest BCUT2D eigenvalue weighted by Crippen LogP contribution is -2.65. The summed E-state index contributed by atoms with van der Waals surface area (Å²) in [7, 11) is 0. The van der Waals surface area contributed by atoms with E-state index in [1.54, 1.807) is 25.2 Å². The summed E-state index contributed by atoms with van der Waals surface area (Å²) in [4.78, 5) is 38.9. The molecular formula is C30H42O7. The number of Topliss-reactive ketones (excluding diaryl/α,β-unsaturated/α-hetero) is 1. The van der Waals surface area contributed by atoms with Crippen LogP contribution in [0.3, 0.4) is 0 Å². The molecule has 4 aliphatic carbocycles. The van der Waals surface area contributed by atoms with E-state index in [0.717, 1.165) is 25.7 Å². The molecule has 2 fully saturated rings. The highest BCUT2D eigenvalue weighted by Crippen LogP contribution is 2.71. The van der Waals surface area contributed by atoms with Gasteiger partial charge in [-0.15, -0.1) is 0 Å². The predicted octanol–water partition coefficient (Wildman–Crippen LogP) is 4.07. The second-order valence-electron chi connectivity index (χ2n) is 12.2. The van der Waals surface area contributed by atoms with Crippen molar-refractivity contribution >= 4 is 17.7 Å². The number of esters is 2. The van der Waals surface area contributed by atoms with Crippen LogP contribution in [0.1, 0.15) is 73.6 Å². The monoisotopic (exact) mass is 514 g/mol. The van der Waals surface area contributed by atoms with Crippen LogP contribution >= 0.6 is 0 Å². The molecule has 204 valence electrons. The molecule has 4 aliphatic rings. The zero-order valence-electron chi connectivity index (χ0n) is 23.0. The minimum atomic E-state index is -2.12. The summed E-state index contributed by atoms with van der Waals surface area (Å²) in [5.74, 6) is -1.82. The number of hydrogen-bond donors (Lipinski definition) is 2. The van der Waals surface area contributed by atoms with Gasteiger partial charge in [0.2, 0.25) is 0 Å². The van der Waals surface area contributed by atoms with E-state index in [4.69, 9.17) is 9.47 Å². The molecule has 2 saturated carbocycles. The first-order valence-corrected chi connectivity index (χ1v) is 13.7. The SMILES string of the molecule is CCCCCC=CC(=O)O[C@H]1C(C)=C[C@]23C(=O)[C@@H](C=C(COC(C)=O)[C@H](O)[C@@]12O)[C@H]1[C@@H](C[C@H]3C)C1(C)C. The number of aliphatic hydroxyl groups is 2. The van der Waals surface area contributed by atoms with Crippen molar-refractivity contribution in [1.29, 1.82) is 0 Å². The number of fused-ring (bicyclic) bond motifs is 3. The molecule has 0 heterocycles. The molecule has 2 N–H and O–H groups in total. The van der Waals surface area contributed by atoms with Gasteiger partial charge in [0, 0.05) is 18.9 Å². The quantitative estimate of drug-likeness (QED) is 0.217. The lowest BCUT2D eigenvalue weighted by Gasteiger charge is -2.48. The van der Waals surface area contributed by atoms with Gasteiger partial charge in [0.05, 0.1) is 5.41 Å². The molecule has 1 spiro atoms. The second-order valence-corrected chi connectivity index (χ2v) is 12.2. The molecule has 0 unspecified atom stereocenters. The molecule has 0 saturated heterocycles. The highest BCUT2D eigenvalue weighted by molar-refractivity contribution is 5.95. The normalized spacial score (nSPS) is 39.6. The average molecular weight is 515 g/mol. The summed E-state index contributed by atoms with van der Waals surface area (Å²) in [6.07, 6.45) is 8.35. The van der Waals surface area contributed by atoms with E-state index in [1.165, 1.54) is 13.0 Å². The van der Waals surface area contributed by atoms with E-state index in [1.807, 2.05) is 6.92 Å². The zero-order chi connectivity index (χ0) is 27.3. The van der Waals surface area contributed by atoms with Gasteiger partial charge in [-0.2, -0.15) is 0 Å². The summed E-state index contributed by atoms with van der Waals surface area (Å²) in [5, 5.41) is 24.3. The number of allylic oxidation sites excluding steroid dienone is 2. The first-order chi connectivity index (χ1) is 17.3. The highest BCUT2D eigenvalue weighted by atomic mass is 16.6. The Morgan fingerprint density at radius 3 is 2.59 bits per heavy atom. The number of hydrogen-bond acceptors (Lipinski definition) is 7. The van der Waals surface area contributed by atoms with Crippen molar-refractivity contribution < 1.29 is 34.1 Å². The fourth-order valence-electron chi connectivity index (χ4n) is 7.61. The Bertz CT molecular complexity index is 1050. The number of carbonyl (C=O) groups excluding carboxylic acids is 3.